The lowest BCUT2D eigenvalue weighted by Gasteiger charge is -2.21. The van der Waals surface area contributed by atoms with Gasteiger partial charge in [0, 0.05) is 10.0 Å². The Hall–Kier alpha value is -1.03. The number of carbonyl (C=O) groups is 1. The molecule has 0 atom stereocenters. The zero-order valence-corrected chi connectivity index (χ0v) is 13.1. The summed E-state index contributed by atoms with van der Waals surface area (Å²) in [6.45, 7) is 9.81. The van der Waals surface area contributed by atoms with Crippen LogP contribution in [0, 0.1) is 13.8 Å². The Kier molecular flexibility index (Phi) is 4.79. The van der Waals surface area contributed by atoms with E-state index in [-0.39, 0.29) is 18.1 Å². The summed E-state index contributed by atoms with van der Waals surface area (Å²) in [5.74, 6) is 0.673. The first-order valence-corrected chi connectivity index (χ1v) is 6.69. The minimum Gasteiger partial charge on any atom is -0.483 e. The molecule has 1 rings (SSSR count). The van der Waals surface area contributed by atoms with Crippen molar-refractivity contribution in [3.63, 3.8) is 0 Å². The van der Waals surface area contributed by atoms with Gasteiger partial charge in [0.2, 0.25) is 0 Å². The zero-order valence-electron chi connectivity index (χ0n) is 11.6. The van der Waals surface area contributed by atoms with Gasteiger partial charge in [-0.25, -0.2) is 0 Å². The van der Waals surface area contributed by atoms with E-state index in [0.29, 0.717) is 0 Å². The average Bonchev–Trinajstić information content (AvgIpc) is 2.12. The van der Waals surface area contributed by atoms with E-state index < -0.39 is 0 Å². The van der Waals surface area contributed by atoms with Crippen LogP contribution < -0.4 is 10.1 Å². The molecule has 0 aromatic heterocycles. The van der Waals surface area contributed by atoms with Crippen LogP contribution in [0.4, 0.5) is 0 Å². The van der Waals surface area contributed by atoms with E-state index in [0.717, 1.165) is 21.3 Å². The first-order valence-electron chi connectivity index (χ1n) is 5.89. The molecule has 0 aliphatic carbocycles. The minimum absolute atomic E-state index is 0.0422. The van der Waals surface area contributed by atoms with E-state index in [9.17, 15) is 4.79 Å². The Bertz CT molecular complexity index is 427. The van der Waals surface area contributed by atoms with Crippen molar-refractivity contribution in [2.75, 3.05) is 6.61 Å². The fourth-order valence-electron chi connectivity index (χ4n) is 1.72. The van der Waals surface area contributed by atoms with E-state index in [2.05, 4.69) is 21.2 Å². The number of ether oxygens (including phenoxy) is 1. The molecule has 0 heterocycles. The van der Waals surface area contributed by atoms with Crippen LogP contribution in [0.25, 0.3) is 0 Å². The molecule has 0 radical (unpaired) electrons. The molecule has 0 bridgehead atoms. The van der Waals surface area contributed by atoms with Crippen molar-refractivity contribution in [3.05, 3.63) is 27.7 Å². The summed E-state index contributed by atoms with van der Waals surface area (Å²) in [5.41, 5.74) is 1.81. The Balaban J connectivity index is 2.67. The number of hydrogen-bond acceptors (Lipinski definition) is 2. The summed E-state index contributed by atoms with van der Waals surface area (Å²) < 4.78 is 6.61. The number of amides is 1. The second kappa shape index (κ2) is 5.74. The predicted octanol–water partition coefficient (Wildman–Crippen LogP) is 3.36. The molecule has 1 amide bonds. The van der Waals surface area contributed by atoms with Gasteiger partial charge >= 0.3 is 0 Å². The van der Waals surface area contributed by atoms with Crippen LogP contribution in [0.1, 0.15) is 31.9 Å². The molecular weight excluding hydrogens is 294 g/mol. The first kappa shape index (κ1) is 15.0. The van der Waals surface area contributed by atoms with Gasteiger partial charge in [0.15, 0.2) is 6.61 Å². The Morgan fingerprint density at radius 2 is 1.78 bits per heavy atom. The maximum Gasteiger partial charge on any atom is 0.258 e. The molecule has 0 unspecified atom stereocenters. The summed E-state index contributed by atoms with van der Waals surface area (Å²) >= 11 is 3.43. The van der Waals surface area contributed by atoms with Crippen molar-refractivity contribution in [2.45, 2.75) is 40.2 Å². The van der Waals surface area contributed by atoms with Crippen molar-refractivity contribution in [3.8, 4) is 5.75 Å². The van der Waals surface area contributed by atoms with Gasteiger partial charge in [-0.2, -0.15) is 0 Å². The highest BCUT2D eigenvalue weighted by Gasteiger charge is 2.15. The van der Waals surface area contributed by atoms with Crippen LogP contribution in [-0.2, 0) is 4.79 Å². The Morgan fingerprint density at radius 1 is 1.28 bits per heavy atom. The second-order valence-electron chi connectivity index (χ2n) is 5.46. The lowest BCUT2D eigenvalue weighted by molar-refractivity contribution is -0.124. The highest BCUT2D eigenvalue weighted by Crippen LogP contribution is 2.27. The topological polar surface area (TPSA) is 38.3 Å². The molecule has 0 aliphatic heterocycles. The number of rotatable bonds is 3. The number of benzene rings is 1. The van der Waals surface area contributed by atoms with Crippen LogP contribution in [-0.4, -0.2) is 18.1 Å². The summed E-state index contributed by atoms with van der Waals surface area (Å²) in [5, 5.41) is 2.87. The molecule has 0 spiro atoms. The maximum absolute atomic E-state index is 11.7. The number of halogens is 1. The monoisotopic (exact) mass is 313 g/mol. The number of carbonyl (C=O) groups excluding carboxylic acids is 1. The molecule has 3 nitrogen and oxygen atoms in total. The molecule has 0 aliphatic rings. The summed E-state index contributed by atoms with van der Waals surface area (Å²) in [7, 11) is 0. The maximum atomic E-state index is 11.7. The van der Waals surface area contributed by atoms with E-state index in [4.69, 9.17) is 4.74 Å². The van der Waals surface area contributed by atoms with Gasteiger partial charge < -0.3 is 10.1 Å². The number of nitrogens with one attached hydrogen (secondary N) is 1. The molecule has 100 valence electrons. The van der Waals surface area contributed by atoms with E-state index >= 15 is 0 Å². The van der Waals surface area contributed by atoms with Crippen molar-refractivity contribution < 1.29 is 9.53 Å². The predicted molar refractivity (Wildman–Crippen MR) is 77.0 cm³/mol. The average molecular weight is 314 g/mol. The van der Waals surface area contributed by atoms with Gasteiger partial charge in [-0.05, 0) is 57.9 Å². The highest BCUT2D eigenvalue weighted by atomic mass is 79.9. The SMILES string of the molecule is Cc1cc(Br)cc(C)c1OCC(=O)NC(C)(C)C. The van der Waals surface area contributed by atoms with Crippen molar-refractivity contribution in [1.29, 1.82) is 0 Å². The molecule has 1 aromatic carbocycles. The van der Waals surface area contributed by atoms with Gasteiger partial charge in [-0.1, -0.05) is 15.9 Å². The quantitative estimate of drug-likeness (QED) is 0.929. The third kappa shape index (κ3) is 4.69. The lowest BCUT2D eigenvalue weighted by Crippen LogP contribution is -2.43. The lowest BCUT2D eigenvalue weighted by atomic mass is 10.1. The summed E-state index contributed by atoms with van der Waals surface area (Å²) in [6.07, 6.45) is 0. The summed E-state index contributed by atoms with van der Waals surface area (Å²) in [4.78, 5) is 11.7. The molecule has 1 aromatic rings. The smallest absolute Gasteiger partial charge is 0.258 e. The van der Waals surface area contributed by atoms with Gasteiger partial charge in [0.05, 0.1) is 0 Å². The largest absolute Gasteiger partial charge is 0.483 e. The van der Waals surface area contributed by atoms with Gasteiger partial charge in [-0.15, -0.1) is 0 Å². The fraction of sp³-hybridized carbons (Fsp3) is 0.500. The van der Waals surface area contributed by atoms with Gasteiger partial charge in [0.1, 0.15) is 5.75 Å². The van der Waals surface area contributed by atoms with Crippen LogP contribution >= 0.6 is 15.9 Å². The molecule has 0 saturated heterocycles. The van der Waals surface area contributed by atoms with Crippen LogP contribution in [0.2, 0.25) is 0 Å². The molecule has 0 saturated carbocycles. The Labute approximate surface area is 117 Å². The van der Waals surface area contributed by atoms with Crippen LogP contribution in [0.3, 0.4) is 0 Å². The fourth-order valence-corrected chi connectivity index (χ4v) is 2.40. The third-order valence-corrected chi connectivity index (χ3v) is 2.74. The normalized spacial score (nSPS) is 11.2. The van der Waals surface area contributed by atoms with Crippen LogP contribution in [0.5, 0.6) is 5.75 Å². The third-order valence-electron chi connectivity index (χ3n) is 2.29. The van der Waals surface area contributed by atoms with E-state index in [1.807, 2.05) is 46.8 Å². The van der Waals surface area contributed by atoms with Gasteiger partial charge in [0.25, 0.3) is 5.91 Å². The van der Waals surface area contributed by atoms with E-state index in [1.165, 1.54) is 0 Å². The molecule has 18 heavy (non-hydrogen) atoms. The zero-order chi connectivity index (χ0) is 13.9. The Morgan fingerprint density at radius 3 is 2.22 bits per heavy atom. The standard InChI is InChI=1S/C14H20BrNO2/c1-9-6-11(15)7-10(2)13(9)18-8-12(17)16-14(3,4)5/h6-7H,8H2,1-5H3,(H,16,17). The minimum atomic E-state index is -0.232. The van der Waals surface area contributed by atoms with Gasteiger partial charge in [-0.3, -0.25) is 4.79 Å². The molecular formula is C14H20BrNO2. The highest BCUT2D eigenvalue weighted by molar-refractivity contribution is 9.10. The van der Waals surface area contributed by atoms with Crippen LogP contribution in [0.15, 0.2) is 16.6 Å². The number of hydrogen-bond donors (Lipinski definition) is 1. The van der Waals surface area contributed by atoms with Crippen molar-refractivity contribution in [2.24, 2.45) is 0 Å². The van der Waals surface area contributed by atoms with Crippen molar-refractivity contribution in [1.82, 2.24) is 5.32 Å². The summed E-state index contributed by atoms with van der Waals surface area (Å²) in [6, 6.07) is 3.95. The second-order valence-corrected chi connectivity index (χ2v) is 6.37. The molecule has 1 N–H and O–H groups in total. The molecule has 4 heteroatoms. The first-order chi connectivity index (χ1) is 8.19. The van der Waals surface area contributed by atoms with Crippen molar-refractivity contribution >= 4 is 21.8 Å². The molecule has 0 fully saturated rings. The number of aryl methyl sites for hydroxylation is 2. The van der Waals surface area contributed by atoms with E-state index in [1.54, 1.807) is 0 Å².